The van der Waals surface area contributed by atoms with E-state index in [1.165, 1.54) is 6.07 Å². The van der Waals surface area contributed by atoms with Crippen molar-refractivity contribution in [2.75, 3.05) is 92.3 Å². The Bertz CT molecular complexity index is 1260. The molecule has 0 atom stereocenters. The molecule has 2 saturated heterocycles. The Morgan fingerprint density at radius 2 is 1.25 bits per heavy atom. The maximum absolute atomic E-state index is 12.0. The molecule has 40 heavy (non-hydrogen) atoms. The van der Waals surface area contributed by atoms with Crippen LogP contribution in [0.25, 0.3) is 0 Å². The third-order valence-electron chi connectivity index (χ3n) is 5.94. The smallest absolute Gasteiger partial charge is 0.338 e. The summed E-state index contributed by atoms with van der Waals surface area (Å²) in [6.45, 7) is 9.71. The number of rotatable bonds is 8. The van der Waals surface area contributed by atoms with E-state index in [0.29, 0.717) is 68.6 Å². The number of ether oxygens (including phenoxy) is 4. The number of anilines is 4. The molecule has 0 amide bonds. The molecule has 0 saturated carbocycles. The highest BCUT2D eigenvalue weighted by atomic mass is 32.2. The van der Waals surface area contributed by atoms with E-state index in [9.17, 15) is 18.0 Å². The lowest BCUT2D eigenvalue weighted by molar-refractivity contribution is 0.0517. The van der Waals surface area contributed by atoms with Gasteiger partial charge in [0, 0.05) is 43.2 Å². The Labute approximate surface area is 235 Å². The van der Waals surface area contributed by atoms with Gasteiger partial charge in [-0.1, -0.05) is 0 Å². The molecule has 2 aromatic rings. The molecule has 0 spiro atoms. The molecule has 0 unspecified atom stereocenters. The van der Waals surface area contributed by atoms with Crippen LogP contribution in [0.3, 0.4) is 0 Å². The Morgan fingerprint density at radius 3 is 1.70 bits per heavy atom. The van der Waals surface area contributed by atoms with Crippen molar-refractivity contribution in [2.24, 2.45) is 0 Å². The van der Waals surface area contributed by atoms with E-state index in [2.05, 4.69) is 9.62 Å². The van der Waals surface area contributed by atoms with Gasteiger partial charge >= 0.3 is 11.9 Å². The molecule has 2 aromatic carbocycles. The van der Waals surface area contributed by atoms with Crippen LogP contribution in [0.15, 0.2) is 36.4 Å². The zero-order chi connectivity index (χ0) is 29.1. The minimum Gasteiger partial charge on any atom is -0.462 e. The summed E-state index contributed by atoms with van der Waals surface area (Å²) in [4.78, 5) is 27.9. The van der Waals surface area contributed by atoms with Crippen LogP contribution in [0.5, 0.6) is 0 Å². The van der Waals surface area contributed by atoms with Crippen LogP contribution in [-0.4, -0.2) is 92.4 Å². The van der Waals surface area contributed by atoms with Gasteiger partial charge in [0.15, 0.2) is 0 Å². The molecule has 2 aliphatic heterocycles. The first-order valence-corrected chi connectivity index (χ1v) is 15.0. The summed E-state index contributed by atoms with van der Waals surface area (Å²) in [5.74, 6) is -0.812. The number of carbonyl (C=O) groups is 2. The van der Waals surface area contributed by atoms with Crippen molar-refractivity contribution in [3.05, 3.63) is 47.5 Å². The molecule has 2 fully saturated rings. The Kier molecular flexibility index (Phi) is 11.4. The van der Waals surface area contributed by atoms with Crippen LogP contribution >= 0.6 is 0 Å². The molecule has 3 N–H and O–H groups in total. The minimum atomic E-state index is -3.42. The summed E-state index contributed by atoms with van der Waals surface area (Å²) in [6.07, 6.45) is 1.07. The predicted molar refractivity (Wildman–Crippen MR) is 154 cm³/mol. The predicted octanol–water partition coefficient (Wildman–Crippen LogP) is 2.35. The molecule has 0 aromatic heterocycles. The summed E-state index contributed by atoms with van der Waals surface area (Å²) >= 11 is 0. The van der Waals surface area contributed by atoms with E-state index in [4.69, 9.17) is 24.7 Å². The zero-order valence-corrected chi connectivity index (χ0v) is 24.0. The molecular weight excluding hydrogens is 540 g/mol. The largest absolute Gasteiger partial charge is 0.462 e. The lowest BCUT2D eigenvalue weighted by Gasteiger charge is -2.29. The van der Waals surface area contributed by atoms with Crippen LogP contribution in [-0.2, 0) is 29.0 Å². The van der Waals surface area contributed by atoms with E-state index in [0.717, 1.165) is 30.7 Å². The number of nitrogens with two attached hydrogens (primary N) is 1. The molecule has 13 heteroatoms. The molecule has 4 rings (SSSR count). The number of nitrogen functional groups attached to an aromatic ring is 1. The molecule has 2 heterocycles. The Hall–Kier alpha value is -3.55. The van der Waals surface area contributed by atoms with E-state index in [1.807, 2.05) is 17.0 Å². The number of hydrogen-bond donors (Lipinski definition) is 2. The fourth-order valence-electron chi connectivity index (χ4n) is 4.19. The van der Waals surface area contributed by atoms with Gasteiger partial charge in [0.25, 0.3) is 0 Å². The van der Waals surface area contributed by atoms with Gasteiger partial charge in [0.05, 0.1) is 62.7 Å². The molecule has 2 aliphatic rings. The highest BCUT2D eigenvalue weighted by molar-refractivity contribution is 7.92. The normalized spacial score (nSPS) is 15.5. The van der Waals surface area contributed by atoms with Gasteiger partial charge in [-0.25, -0.2) is 18.0 Å². The van der Waals surface area contributed by atoms with Crippen molar-refractivity contribution in [3.63, 3.8) is 0 Å². The summed E-state index contributed by atoms with van der Waals surface area (Å²) in [7, 11) is -3.42. The second kappa shape index (κ2) is 14.7. The van der Waals surface area contributed by atoms with E-state index < -0.39 is 16.0 Å². The lowest BCUT2D eigenvalue weighted by atomic mass is 10.1. The van der Waals surface area contributed by atoms with Crippen molar-refractivity contribution in [1.29, 1.82) is 0 Å². The standard InChI is InChI=1S/C14H20N2O5S.C13H18N2O3/c1-3-21-14(17)11-8-12(15-22(2,18)19)10-13(9-11)16-4-6-20-7-5-16;1-2-18-13(16)10-7-11(14)9-12(8-10)15-3-5-17-6-4-15/h8-10,15H,3-7H2,1-2H3;7-9H,2-6,14H2,1H3. The van der Waals surface area contributed by atoms with Gasteiger partial charge in [-0.3, -0.25) is 4.72 Å². The van der Waals surface area contributed by atoms with Gasteiger partial charge < -0.3 is 34.5 Å². The second-order valence-corrected chi connectivity index (χ2v) is 10.8. The SMILES string of the molecule is CCOC(=O)c1cc(N)cc(N2CCOCC2)c1.CCOC(=O)c1cc(NS(C)(=O)=O)cc(N2CCOCC2)c1. The summed E-state index contributed by atoms with van der Waals surface area (Å²) in [6, 6.07) is 10.2. The fraction of sp³-hybridized carbons (Fsp3) is 0.481. The maximum Gasteiger partial charge on any atom is 0.338 e. The first-order chi connectivity index (χ1) is 19.1. The average molecular weight is 579 g/mol. The fourth-order valence-corrected chi connectivity index (χ4v) is 4.74. The van der Waals surface area contributed by atoms with Gasteiger partial charge in [-0.15, -0.1) is 0 Å². The van der Waals surface area contributed by atoms with Gasteiger partial charge in [0.2, 0.25) is 10.0 Å². The van der Waals surface area contributed by atoms with Crippen LogP contribution in [0.1, 0.15) is 34.6 Å². The highest BCUT2D eigenvalue weighted by Crippen LogP contribution is 2.25. The Balaban J connectivity index is 0.000000225. The maximum atomic E-state index is 12.0. The van der Waals surface area contributed by atoms with Crippen molar-refractivity contribution < 1.29 is 37.0 Å². The molecule has 0 aliphatic carbocycles. The minimum absolute atomic E-state index is 0.259. The van der Waals surface area contributed by atoms with Gasteiger partial charge in [-0.05, 0) is 50.2 Å². The molecule has 0 bridgehead atoms. The molecule has 220 valence electrons. The van der Waals surface area contributed by atoms with Crippen molar-refractivity contribution in [3.8, 4) is 0 Å². The number of carbonyl (C=O) groups excluding carboxylic acids is 2. The zero-order valence-electron chi connectivity index (χ0n) is 23.2. The topological polar surface area (TPSA) is 150 Å². The second-order valence-electron chi connectivity index (χ2n) is 9.10. The number of esters is 2. The van der Waals surface area contributed by atoms with Crippen LogP contribution in [0.4, 0.5) is 22.7 Å². The number of hydrogen-bond acceptors (Lipinski definition) is 11. The lowest BCUT2D eigenvalue weighted by Crippen LogP contribution is -2.36. The van der Waals surface area contributed by atoms with Crippen molar-refractivity contribution in [1.82, 2.24) is 0 Å². The van der Waals surface area contributed by atoms with Crippen LogP contribution in [0, 0.1) is 0 Å². The summed E-state index contributed by atoms with van der Waals surface area (Å²) in [5.41, 5.74) is 9.27. The third-order valence-corrected chi connectivity index (χ3v) is 6.54. The van der Waals surface area contributed by atoms with Crippen LogP contribution < -0.4 is 20.3 Å². The van der Waals surface area contributed by atoms with E-state index >= 15 is 0 Å². The summed E-state index contributed by atoms with van der Waals surface area (Å²) < 4.78 is 45.9. The van der Waals surface area contributed by atoms with E-state index in [1.54, 1.807) is 32.0 Å². The molecule has 0 radical (unpaired) electrons. The first-order valence-electron chi connectivity index (χ1n) is 13.1. The number of sulfonamides is 1. The first kappa shape index (κ1) is 31.0. The number of morpholine rings is 2. The van der Waals surface area contributed by atoms with Crippen molar-refractivity contribution >= 4 is 44.7 Å². The third kappa shape index (κ3) is 9.57. The monoisotopic (exact) mass is 578 g/mol. The van der Waals surface area contributed by atoms with Gasteiger partial charge in [0.1, 0.15) is 0 Å². The van der Waals surface area contributed by atoms with Crippen LogP contribution in [0.2, 0.25) is 0 Å². The van der Waals surface area contributed by atoms with Gasteiger partial charge in [-0.2, -0.15) is 0 Å². The quantitative estimate of drug-likeness (QED) is 0.351. The highest BCUT2D eigenvalue weighted by Gasteiger charge is 2.18. The summed E-state index contributed by atoms with van der Waals surface area (Å²) in [5, 5.41) is 0. The number of nitrogens with one attached hydrogen (secondary N) is 1. The molecule has 12 nitrogen and oxygen atoms in total. The van der Waals surface area contributed by atoms with E-state index in [-0.39, 0.29) is 12.6 Å². The van der Waals surface area contributed by atoms with Crippen molar-refractivity contribution in [2.45, 2.75) is 13.8 Å². The molecular formula is C27H38N4O8S. The Morgan fingerprint density at radius 1 is 0.800 bits per heavy atom. The number of nitrogens with zero attached hydrogens (tertiary/aromatic N) is 2. The number of benzene rings is 2. The average Bonchev–Trinajstić information content (AvgIpc) is 2.93.